The molecule has 1 aromatic carbocycles. The molecule has 0 saturated carbocycles. The maximum absolute atomic E-state index is 5.65. The fraction of sp³-hybridized carbons (Fsp3) is 0.400. The summed E-state index contributed by atoms with van der Waals surface area (Å²) >= 11 is 0. The number of ether oxygens (including phenoxy) is 1. The van der Waals surface area contributed by atoms with E-state index < -0.39 is 0 Å². The van der Waals surface area contributed by atoms with Crippen LogP contribution in [0.4, 0.5) is 0 Å². The third-order valence-corrected chi connectivity index (χ3v) is 3.51. The Balaban J connectivity index is 1.89. The molecule has 0 aliphatic carbocycles. The lowest BCUT2D eigenvalue weighted by Crippen LogP contribution is -2.37. The van der Waals surface area contributed by atoms with Crippen LogP contribution in [0.5, 0.6) is 5.75 Å². The van der Waals surface area contributed by atoms with E-state index in [1.807, 2.05) is 36.1 Å². The van der Waals surface area contributed by atoms with E-state index in [0.717, 1.165) is 30.8 Å². The van der Waals surface area contributed by atoms with Crippen molar-refractivity contribution in [3.8, 4) is 5.75 Å². The highest BCUT2D eigenvalue weighted by molar-refractivity contribution is 5.27. The summed E-state index contributed by atoms with van der Waals surface area (Å²) < 4.78 is 7.20. The van der Waals surface area contributed by atoms with Gasteiger partial charge in [0.2, 0.25) is 0 Å². The van der Waals surface area contributed by atoms with Crippen LogP contribution in [0.15, 0.2) is 36.7 Å². The Morgan fingerprint density at radius 1 is 1.35 bits per heavy atom. The van der Waals surface area contributed by atoms with Crippen LogP contribution in [0.1, 0.15) is 17.8 Å². The fourth-order valence-electron chi connectivity index (χ4n) is 2.23. The second-order valence-electron chi connectivity index (χ2n) is 4.91. The lowest BCUT2D eigenvalue weighted by molar-refractivity contribution is 0.414. The Morgan fingerprint density at radius 3 is 2.65 bits per heavy atom. The van der Waals surface area contributed by atoms with Crippen molar-refractivity contribution in [3.63, 3.8) is 0 Å². The first-order valence-corrected chi connectivity index (χ1v) is 6.78. The zero-order valence-electron chi connectivity index (χ0n) is 12.0. The van der Waals surface area contributed by atoms with E-state index in [2.05, 4.69) is 22.5 Å². The number of nitrogens with two attached hydrogens (primary N) is 1. The molecule has 0 bridgehead atoms. The summed E-state index contributed by atoms with van der Waals surface area (Å²) in [4.78, 5) is 4.33. The number of hydrogen-bond acceptors (Lipinski definition) is 4. The molecule has 5 heteroatoms. The molecule has 0 amide bonds. The molecule has 0 aliphatic heterocycles. The number of hydrogen-bond donors (Lipinski definition) is 2. The van der Waals surface area contributed by atoms with Crippen LogP contribution in [-0.4, -0.2) is 22.7 Å². The molecule has 0 aliphatic rings. The Bertz CT molecular complexity index is 521. The van der Waals surface area contributed by atoms with Crippen molar-refractivity contribution >= 4 is 0 Å². The Hall–Kier alpha value is -1.85. The van der Waals surface area contributed by atoms with Gasteiger partial charge in [0.25, 0.3) is 0 Å². The van der Waals surface area contributed by atoms with E-state index in [1.165, 1.54) is 5.56 Å². The molecule has 0 spiro atoms. The van der Waals surface area contributed by atoms with Gasteiger partial charge in [-0.2, -0.15) is 0 Å². The SMILES string of the molecule is COc1ccc(CC(CCc2nccn2C)NN)cc1. The van der Waals surface area contributed by atoms with Crippen molar-refractivity contribution in [3.05, 3.63) is 48.0 Å². The highest BCUT2D eigenvalue weighted by Crippen LogP contribution is 2.14. The number of aryl methyl sites for hydroxylation is 2. The lowest BCUT2D eigenvalue weighted by Gasteiger charge is -2.16. The van der Waals surface area contributed by atoms with Gasteiger partial charge in [0.15, 0.2) is 0 Å². The zero-order chi connectivity index (χ0) is 14.4. The summed E-state index contributed by atoms with van der Waals surface area (Å²) in [6.45, 7) is 0. The smallest absolute Gasteiger partial charge is 0.118 e. The van der Waals surface area contributed by atoms with Crippen LogP contribution in [0.2, 0.25) is 0 Å². The van der Waals surface area contributed by atoms with Gasteiger partial charge in [-0.1, -0.05) is 12.1 Å². The molecular formula is C15H22N4O. The van der Waals surface area contributed by atoms with Gasteiger partial charge in [-0.25, -0.2) is 4.98 Å². The van der Waals surface area contributed by atoms with Gasteiger partial charge in [-0.15, -0.1) is 0 Å². The van der Waals surface area contributed by atoms with Crippen molar-refractivity contribution in [2.75, 3.05) is 7.11 Å². The minimum atomic E-state index is 0.236. The minimum absolute atomic E-state index is 0.236. The number of hydrazine groups is 1. The number of imidazole rings is 1. The van der Waals surface area contributed by atoms with Gasteiger partial charge >= 0.3 is 0 Å². The summed E-state index contributed by atoms with van der Waals surface area (Å²) in [5.74, 6) is 7.61. The number of methoxy groups -OCH3 is 1. The highest BCUT2D eigenvalue weighted by Gasteiger charge is 2.10. The first-order valence-electron chi connectivity index (χ1n) is 6.78. The van der Waals surface area contributed by atoms with Gasteiger partial charge in [0, 0.05) is 31.9 Å². The predicted molar refractivity (Wildman–Crippen MR) is 79.3 cm³/mol. The van der Waals surface area contributed by atoms with E-state index in [4.69, 9.17) is 10.6 Å². The maximum atomic E-state index is 5.65. The average Bonchev–Trinajstić information content (AvgIpc) is 2.89. The summed E-state index contributed by atoms with van der Waals surface area (Å²) in [6.07, 6.45) is 6.54. The molecular weight excluding hydrogens is 252 g/mol. The second kappa shape index (κ2) is 7.07. The predicted octanol–water partition coefficient (Wildman–Crippen LogP) is 1.44. The first kappa shape index (κ1) is 14.6. The normalized spacial score (nSPS) is 12.3. The van der Waals surface area contributed by atoms with Crippen molar-refractivity contribution in [1.29, 1.82) is 0 Å². The first-order chi connectivity index (χ1) is 9.72. The van der Waals surface area contributed by atoms with Crippen LogP contribution >= 0.6 is 0 Å². The third kappa shape index (κ3) is 3.82. The van der Waals surface area contributed by atoms with Crippen LogP contribution in [0.3, 0.4) is 0 Å². The summed E-state index contributed by atoms with van der Waals surface area (Å²) in [5, 5.41) is 0. The number of nitrogens with one attached hydrogen (secondary N) is 1. The number of benzene rings is 1. The number of rotatable bonds is 7. The third-order valence-electron chi connectivity index (χ3n) is 3.51. The van der Waals surface area contributed by atoms with Crippen LogP contribution in [0, 0.1) is 0 Å². The molecule has 20 heavy (non-hydrogen) atoms. The van der Waals surface area contributed by atoms with Gasteiger partial charge in [0.05, 0.1) is 7.11 Å². The largest absolute Gasteiger partial charge is 0.497 e. The minimum Gasteiger partial charge on any atom is -0.497 e. The Kier molecular flexibility index (Phi) is 5.15. The van der Waals surface area contributed by atoms with E-state index >= 15 is 0 Å². The summed E-state index contributed by atoms with van der Waals surface area (Å²) in [7, 11) is 3.68. The van der Waals surface area contributed by atoms with E-state index in [-0.39, 0.29) is 6.04 Å². The molecule has 1 atom stereocenters. The molecule has 2 aromatic rings. The average molecular weight is 274 g/mol. The molecule has 1 heterocycles. The Labute approximate surface area is 119 Å². The lowest BCUT2D eigenvalue weighted by atomic mass is 10.0. The molecule has 2 rings (SSSR count). The van der Waals surface area contributed by atoms with Crippen molar-refractivity contribution in [2.24, 2.45) is 12.9 Å². The van der Waals surface area contributed by atoms with Gasteiger partial charge in [-0.3, -0.25) is 11.3 Å². The van der Waals surface area contributed by atoms with Crippen molar-refractivity contribution in [2.45, 2.75) is 25.3 Å². The van der Waals surface area contributed by atoms with Crippen molar-refractivity contribution < 1.29 is 4.74 Å². The molecule has 5 nitrogen and oxygen atoms in total. The molecule has 1 aromatic heterocycles. The van der Waals surface area contributed by atoms with E-state index in [0.29, 0.717) is 0 Å². The van der Waals surface area contributed by atoms with Crippen LogP contribution in [-0.2, 0) is 19.9 Å². The topological polar surface area (TPSA) is 65.1 Å². The van der Waals surface area contributed by atoms with Gasteiger partial charge in [-0.05, 0) is 30.5 Å². The molecule has 1 unspecified atom stereocenters. The maximum Gasteiger partial charge on any atom is 0.118 e. The van der Waals surface area contributed by atoms with E-state index in [9.17, 15) is 0 Å². The summed E-state index contributed by atoms with van der Waals surface area (Å²) in [5.41, 5.74) is 4.14. The Morgan fingerprint density at radius 2 is 2.10 bits per heavy atom. The molecule has 3 N–H and O–H groups in total. The van der Waals surface area contributed by atoms with Gasteiger partial charge < -0.3 is 9.30 Å². The van der Waals surface area contributed by atoms with Crippen molar-refractivity contribution in [1.82, 2.24) is 15.0 Å². The second-order valence-corrected chi connectivity index (χ2v) is 4.91. The standard InChI is InChI=1S/C15H22N4O/c1-19-10-9-17-15(19)8-5-13(18-16)11-12-3-6-14(20-2)7-4-12/h3-4,6-7,9-10,13,18H,5,8,11,16H2,1-2H3. The van der Waals surface area contributed by atoms with Gasteiger partial charge in [0.1, 0.15) is 11.6 Å². The van der Waals surface area contributed by atoms with Crippen LogP contribution < -0.4 is 16.0 Å². The molecule has 0 radical (unpaired) electrons. The number of nitrogens with zero attached hydrogens (tertiary/aromatic N) is 2. The summed E-state index contributed by atoms with van der Waals surface area (Å²) in [6, 6.07) is 8.33. The van der Waals surface area contributed by atoms with Crippen LogP contribution in [0.25, 0.3) is 0 Å². The van der Waals surface area contributed by atoms with E-state index in [1.54, 1.807) is 7.11 Å². The zero-order valence-corrected chi connectivity index (χ0v) is 12.0. The quantitative estimate of drug-likeness (QED) is 0.592. The molecule has 0 fully saturated rings. The molecule has 0 saturated heterocycles. The fourth-order valence-corrected chi connectivity index (χ4v) is 2.23. The molecule has 108 valence electrons. The monoisotopic (exact) mass is 274 g/mol. The number of aromatic nitrogens is 2. The highest BCUT2D eigenvalue weighted by atomic mass is 16.5.